The molecule has 3 rings (SSSR count). The molecule has 0 aromatic heterocycles. The Morgan fingerprint density at radius 2 is 1.43 bits per heavy atom. The summed E-state index contributed by atoms with van der Waals surface area (Å²) in [5.41, 5.74) is 15.0. The fraction of sp³-hybridized carbons (Fsp3) is 0. The molecule has 3 aromatic carbocycles. The van der Waals surface area contributed by atoms with Crippen LogP contribution in [-0.4, -0.2) is 17.7 Å². The minimum atomic E-state index is -0.409. The van der Waals surface area contributed by atoms with E-state index < -0.39 is 6.03 Å². The number of hydrogen-bond acceptors (Lipinski definition) is 3. The molecule has 0 saturated carbocycles. The van der Waals surface area contributed by atoms with Gasteiger partial charge in [-0.3, -0.25) is 10.8 Å². The lowest BCUT2D eigenvalue weighted by Gasteiger charge is -2.13. The maximum absolute atomic E-state index is 12.4. The van der Waals surface area contributed by atoms with Crippen LogP contribution in [0.5, 0.6) is 0 Å². The second-order valence-corrected chi connectivity index (χ2v) is 6.11. The van der Waals surface area contributed by atoms with Crippen molar-refractivity contribution in [2.45, 2.75) is 0 Å². The lowest BCUT2D eigenvalue weighted by molar-refractivity contribution is 0.262. The van der Waals surface area contributed by atoms with Gasteiger partial charge >= 0.3 is 6.03 Å². The first-order chi connectivity index (χ1) is 13.4. The summed E-state index contributed by atoms with van der Waals surface area (Å²) in [6.07, 6.45) is 0. The molecule has 28 heavy (non-hydrogen) atoms. The number of carbonyl (C=O) groups is 1. The average molecular weight is 372 g/mol. The van der Waals surface area contributed by atoms with Crippen molar-refractivity contribution in [2.75, 3.05) is 10.6 Å². The largest absolute Gasteiger partial charge is 0.384 e. The number of amides is 2. The highest BCUT2D eigenvalue weighted by Gasteiger charge is 2.09. The van der Waals surface area contributed by atoms with E-state index in [0.29, 0.717) is 22.5 Å². The first kappa shape index (κ1) is 18.7. The highest BCUT2D eigenvalue weighted by molar-refractivity contribution is 6.03. The SMILES string of the molecule is N=C(N)c1ccc(-c2ccccc2NC(=O)Nc2cccc(C(=N)N)c2)cc1. The van der Waals surface area contributed by atoms with Crippen LogP contribution in [-0.2, 0) is 0 Å². The first-order valence-electron chi connectivity index (χ1n) is 8.50. The summed E-state index contributed by atoms with van der Waals surface area (Å²) in [5, 5.41) is 20.6. The highest BCUT2D eigenvalue weighted by atomic mass is 16.2. The molecule has 7 nitrogen and oxygen atoms in total. The molecule has 0 aliphatic heterocycles. The Bertz CT molecular complexity index is 1040. The molecule has 0 spiro atoms. The molecule has 3 aromatic rings. The number of urea groups is 1. The zero-order valence-corrected chi connectivity index (χ0v) is 15.0. The number of benzene rings is 3. The quantitative estimate of drug-likeness (QED) is 0.301. The highest BCUT2D eigenvalue weighted by Crippen LogP contribution is 2.28. The van der Waals surface area contributed by atoms with Crippen molar-refractivity contribution < 1.29 is 4.79 Å². The van der Waals surface area contributed by atoms with Crippen molar-refractivity contribution in [3.63, 3.8) is 0 Å². The van der Waals surface area contributed by atoms with E-state index in [4.69, 9.17) is 22.3 Å². The molecule has 140 valence electrons. The predicted molar refractivity (Wildman–Crippen MR) is 113 cm³/mol. The Morgan fingerprint density at radius 1 is 0.750 bits per heavy atom. The number of hydrogen-bond donors (Lipinski definition) is 6. The zero-order valence-electron chi connectivity index (χ0n) is 15.0. The molecule has 8 N–H and O–H groups in total. The molecule has 0 saturated heterocycles. The topological polar surface area (TPSA) is 141 Å². The number of nitrogens with two attached hydrogens (primary N) is 2. The maximum Gasteiger partial charge on any atom is 0.323 e. The summed E-state index contributed by atoms with van der Waals surface area (Å²) in [5.74, 6) is -0.0615. The number of nitrogens with one attached hydrogen (secondary N) is 4. The molecule has 2 amide bonds. The van der Waals surface area contributed by atoms with Crippen LogP contribution >= 0.6 is 0 Å². The van der Waals surface area contributed by atoms with Gasteiger partial charge in [0.05, 0.1) is 5.69 Å². The Hall–Kier alpha value is -4.13. The van der Waals surface area contributed by atoms with Crippen LogP contribution in [0.4, 0.5) is 16.2 Å². The number of amidine groups is 2. The van der Waals surface area contributed by atoms with Crippen LogP contribution in [0.2, 0.25) is 0 Å². The van der Waals surface area contributed by atoms with E-state index in [2.05, 4.69) is 10.6 Å². The molecule has 0 atom stereocenters. The van der Waals surface area contributed by atoms with Crippen molar-refractivity contribution in [1.29, 1.82) is 10.8 Å². The Balaban J connectivity index is 1.79. The van der Waals surface area contributed by atoms with Gasteiger partial charge in [-0.25, -0.2) is 4.79 Å². The van der Waals surface area contributed by atoms with Gasteiger partial charge in [-0.05, 0) is 23.8 Å². The molecule has 0 unspecified atom stereocenters. The fourth-order valence-electron chi connectivity index (χ4n) is 2.72. The van der Waals surface area contributed by atoms with Gasteiger partial charge in [-0.2, -0.15) is 0 Å². The van der Waals surface area contributed by atoms with Crippen LogP contribution in [0.3, 0.4) is 0 Å². The summed E-state index contributed by atoms with van der Waals surface area (Å²) < 4.78 is 0. The van der Waals surface area contributed by atoms with E-state index in [0.717, 1.165) is 11.1 Å². The van der Waals surface area contributed by atoms with E-state index >= 15 is 0 Å². The smallest absolute Gasteiger partial charge is 0.323 e. The first-order valence-corrected chi connectivity index (χ1v) is 8.50. The molecule has 0 fully saturated rings. The second-order valence-electron chi connectivity index (χ2n) is 6.11. The molecule has 0 aliphatic carbocycles. The normalized spacial score (nSPS) is 10.1. The Morgan fingerprint density at radius 3 is 2.11 bits per heavy atom. The van der Waals surface area contributed by atoms with Crippen LogP contribution in [0.1, 0.15) is 11.1 Å². The van der Waals surface area contributed by atoms with E-state index in [1.54, 1.807) is 42.5 Å². The summed E-state index contributed by atoms with van der Waals surface area (Å²) >= 11 is 0. The predicted octanol–water partition coefficient (Wildman–Crippen LogP) is 3.57. The van der Waals surface area contributed by atoms with Gasteiger partial charge in [0.2, 0.25) is 0 Å². The minimum Gasteiger partial charge on any atom is -0.384 e. The molecular weight excluding hydrogens is 352 g/mol. The van der Waals surface area contributed by atoms with Gasteiger partial charge in [-0.15, -0.1) is 0 Å². The molecular formula is C21H20N6O. The standard InChI is InChI=1S/C21H20N6O/c22-19(23)14-10-8-13(9-11-14)17-6-1-2-7-18(17)27-21(28)26-16-5-3-4-15(12-16)20(24)25/h1-12H,(H3,22,23)(H3,24,25)(H2,26,27,28). The summed E-state index contributed by atoms with van der Waals surface area (Å²) in [6, 6.07) is 21.0. The van der Waals surface area contributed by atoms with Crippen molar-refractivity contribution in [2.24, 2.45) is 11.5 Å². The zero-order chi connectivity index (χ0) is 20.1. The van der Waals surface area contributed by atoms with Crippen LogP contribution in [0.25, 0.3) is 11.1 Å². The number of nitrogen functional groups attached to an aromatic ring is 2. The molecule has 0 heterocycles. The van der Waals surface area contributed by atoms with E-state index in [1.165, 1.54) is 0 Å². The number of rotatable bonds is 5. The van der Waals surface area contributed by atoms with Gasteiger partial charge in [-0.1, -0.05) is 54.6 Å². The van der Waals surface area contributed by atoms with Crippen molar-refractivity contribution in [3.05, 3.63) is 83.9 Å². The van der Waals surface area contributed by atoms with Gasteiger partial charge in [0.15, 0.2) is 0 Å². The summed E-state index contributed by atoms with van der Waals surface area (Å²) in [6.45, 7) is 0. The average Bonchev–Trinajstić information content (AvgIpc) is 2.68. The molecule has 7 heteroatoms. The van der Waals surface area contributed by atoms with Crippen LogP contribution < -0.4 is 22.1 Å². The number of carbonyl (C=O) groups excluding carboxylic acids is 1. The maximum atomic E-state index is 12.4. The van der Waals surface area contributed by atoms with E-state index in [1.807, 2.05) is 30.3 Å². The van der Waals surface area contributed by atoms with Crippen LogP contribution in [0, 0.1) is 10.8 Å². The third kappa shape index (κ3) is 4.34. The van der Waals surface area contributed by atoms with Crippen molar-refractivity contribution >= 4 is 29.1 Å². The second kappa shape index (κ2) is 8.05. The molecule has 0 aliphatic rings. The lowest BCUT2D eigenvalue weighted by Crippen LogP contribution is -2.20. The summed E-state index contributed by atoms with van der Waals surface area (Å²) in [4.78, 5) is 12.4. The fourth-order valence-corrected chi connectivity index (χ4v) is 2.72. The summed E-state index contributed by atoms with van der Waals surface area (Å²) in [7, 11) is 0. The minimum absolute atomic E-state index is 0.00475. The van der Waals surface area contributed by atoms with Crippen LogP contribution in [0.15, 0.2) is 72.8 Å². The van der Waals surface area contributed by atoms with Gasteiger partial charge < -0.3 is 22.1 Å². The van der Waals surface area contributed by atoms with E-state index in [9.17, 15) is 4.79 Å². The number of para-hydroxylation sites is 1. The van der Waals surface area contributed by atoms with E-state index in [-0.39, 0.29) is 11.7 Å². The van der Waals surface area contributed by atoms with Gasteiger partial charge in [0.25, 0.3) is 0 Å². The van der Waals surface area contributed by atoms with Crippen molar-refractivity contribution in [1.82, 2.24) is 0 Å². The van der Waals surface area contributed by atoms with Crippen molar-refractivity contribution in [3.8, 4) is 11.1 Å². The number of anilines is 2. The monoisotopic (exact) mass is 372 g/mol. The molecule has 0 radical (unpaired) electrons. The van der Waals surface area contributed by atoms with Gasteiger partial charge in [0.1, 0.15) is 11.7 Å². The third-order valence-corrected chi connectivity index (χ3v) is 4.11. The third-order valence-electron chi connectivity index (χ3n) is 4.11. The Labute approximate surface area is 162 Å². The lowest BCUT2D eigenvalue weighted by atomic mass is 10.0. The molecule has 0 bridgehead atoms. The van der Waals surface area contributed by atoms with Gasteiger partial charge in [0, 0.05) is 22.4 Å². The Kier molecular flexibility index (Phi) is 5.36.